The number of aromatic nitrogens is 1. The van der Waals surface area contributed by atoms with E-state index in [9.17, 15) is 9.59 Å². The number of hydrogen-bond donors (Lipinski definition) is 0. The lowest BCUT2D eigenvalue weighted by Gasteiger charge is -2.37. The molecule has 0 N–H and O–H groups in total. The normalized spacial score (nSPS) is 18.7. The Labute approximate surface area is 185 Å². The van der Waals surface area contributed by atoms with Gasteiger partial charge in [-0.3, -0.25) is 4.90 Å². The molecule has 0 aliphatic carbocycles. The first-order chi connectivity index (χ1) is 14.7. The zero-order valence-corrected chi connectivity index (χ0v) is 19.3. The summed E-state index contributed by atoms with van der Waals surface area (Å²) in [4.78, 5) is 34.8. The van der Waals surface area contributed by atoms with Gasteiger partial charge in [0.05, 0.1) is 12.7 Å². The summed E-state index contributed by atoms with van der Waals surface area (Å²) in [7, 11) is 1.37. The molecule has 0 saturated carbocycles. The third-order valence-electron chi connectivity index (χ3n) is 5.99. The molecule has 0 unspecified atom stereocenters. The molecule has 0 atom stereocenters. The Kier molecular flexibility index (Phi) is 7.75. The zero-order valence-electron chi connectivity index (χ0n) is 19.3. The minimum atomic E-state index is -0.436. The van der Waals surface area contributed by atoms with Gasteiger partial charge in [0.25, 0.3) is 0 Å². The lowest BCUT2D eigenvalue weighted by atomic mass is 9.93. The number of methoxy groups -OCH3 is 1. The van der Waals surface area contributed by atoms with Gasteiger partial charge < -0.3 is 19.3 Å². The molecular weight excluding hydrogens is 396 g/mol. The van der Waals surface area contributed by atoms with E-state index in [0.717, 1.165) is 64.5 Å². The zero-order chi connectivity index (χ0) is 22.4. The van der Waals surface area contributed by atoms with Crippen molar-refractivity contribution in [2.45, 2.75) is 45.6 Å². The monoisotopic (exact) mass is 432 g/mol. The molecule has 0 spiro atoms. The Morgan fingerprint density at radius 2 is 1.74 bits per heavy atom. The Morgan fingerprint density at radius 3 is 2.29 bits per heavy atom. The fraction of sp³-hybridized carbons (Fsp3) is 0.696. The molecule has 2 aliphatic rings. The number of piperazine rings is 1. The number of rotatable bonds is 5. The molecule has 8 heteroatoms. The lowest BCUT2D eigenvalue weighted by Crippen LogP contribution is -2.47. The molecule has 31 heavy (non-hydrogen) atoms. The van der Waals surface area contributed by atoms with Gasteiger partial charge in [0, 0.05) is 45.5 Å². The van der Waals surface area contributed by atoms with Crippen LogP contribution in [0.5, 0.6) is 0 Å². The van der Waals surface area contributed by atoms with Crippen molar-refractivity contribution < 1.29 is 19.1 Å². The maximum atomic E-state index is 12.2. The molecular formula is C23H36N4O4. The summed E-state index contributed by atoms with van der Waals surface area (Å²) >= 11 is 0. The van der Waals surface area contributed by atoms with Crippen LogP contribution in [0.15, 0.2) is 18.3 Å². The summed E-state index contributed by atoms with van der Waals surface area (Å²) in [5.74, 6) is 1.21. The number of ether oxygens (including phenoxy) is 2. The van der Waals surface area contributed by atoms with E-state index in [2.05, 4.69) is 14.8 Å². The number of esters is 1. The summed E-state index contributed by atoms with van der Waals surface area (Å²) in [6.45, 7) is 12.3. The van der Waals surface area contributed by atoms with Gasteiger partial charge >= 0.3 is 12.1 Å². The summed E-state index contributed by atoms with van der Waals surface area (Å²) in [5.41, 5.74) is 0.0391. The van der Waals surface area contributed by atoms with Gasteiger partial charge in [-0.1, -0.05) is 0 Å². The summed E-state index contributed by atoms with van der Waals surface area (Å²) in [5, 5.41) is 0. The molecule has 2 aliphatic heterocycles. The van der Waals surface area contributed by atoms with Crippen LogP contribution in [0.3, 0.4) is 0 Å². The van der Waals surface area contributed by atoms with Crippen LogP contribution in [0.2, 0.25) is 0 Å². The van der Waals surface area contributed by atoms with E-state index < -0.39 is 5.60 Å². The average Bonchev–Trinajstić information content (AvgIpc) is 2.77. The largest absolute Gasteiger partial charge is 0.465 e. The van der Waals surface area contributed by atoms with Crippen LogP contribution in [0, 0.1) is 5.92 Å². The Hall–Kier alpha value is -2.35. The number of anilines is 1. The van der Waals surface area contributed by atoms with Crippen LogP contribution >= 0.6 is 0 Å². The maximum Gasteiger partial charge on any atom is 0.410 e. The smallest absolute Gasteiger partial charge is 0.410 e. The van der Waals surface area contributed by atoms with Crippen molar-refractivity contribution in [1.29, 1.82) is 0 Å². The van der Waals surface area contributed by atoms with Gasteiger partial charge in [0.1, 0.15) is 11.4 Å². The van der Waals surface area contributed by atoms with Crippen LogP contribution in [0.1, 0.15) is 50.4 Å². The Bertz CT molecular complexity index is 731. The lowest BCUT2D eigenvalue weighted by molar-refractivity contribution is 0.0177. The second-order valence-electron chi connectivity index (χ2n) is 9.42. The highest BCUT2D eigenvalue weighted by Crippen LogP contribution is 2.23. The van der Waals surface area contributed by atoms with Crippen LogP contribution in [-0.2, 0) is 9.47 Å². The van der Waals surface area contributed by atoms with E-state index in [0.29, 0.717) is 11.5 Å². The van der Waals surface area contributed by atoms with Crippen LogP contribution in [0.4, 0.5) is 10.6 Å². The van der Waals surface area contributed by atoms with Crippen molar-refractivity contribution in [3.05, 3.63) is 23.9 Å². The van der Waals surface area contributed by atoms with Crippen molar-refractivity contribution in [3.63, 3.8) is 0 Å². The van der Waals surface area contributed by atoms with Gasteiger partial charge in [0.15, 0.2) is 0 Å². The number of likely N-dealkylation sites (tertiary alicyclic amines) is 1. The topological polar surface area (TPSA) is 75.2 Å². The molecule has 0 aromatic carbocycles. The molecule has 1 aromatic rings. The number of nitrogens with zero attached hydrogens (tertiary/aromatic N) is 4. The quantitative estimate of drug-likeness (QED) is 0.662. The highest BCUT2D eigenvalue weighted by molar-refractivity contribution is 5.89. The van der Waals surface area contributed by atoms with Crippen molar-refractivity contribution in [3.8, 4) is 0 Å². The molecule has 2 fully saturated rings. The molecule has 3 heterocycles. The summed E-state index contributed by atoms with van der Waals surface area (Å²) in [6.07, 6.45) is 4.67. The first-order valence-electron chi connectivity index (χ1n) is 11.2. The van der Waals surface area contributed by atoms with E-state index in [1.807, 2.05) is 31.7 Å². The summed E-state index contributed by atoms with van der Waals surface area (Å²) < 4.78 is 10.2. The fourth-order valence-electron chi connectivity index (χ4n) is 4.11. The van der Waals surface area contributed by atoms with E-state index in [4.69, 9.17) is 9.47 Å². The third-order valence-corrected chi connectivity index (χ3v) is 5.99. The van der Waals surface area contributed by atoms with Crippen molar-refractivity contribution in [2.75, 3.05) is 57.8 Å². The molecule has 0 bridgehead atoms. The Balaban J connectivity index is 1.35. The number of amides is 1. The number of carbonyl (C=O) groups excluding carboxylic acids is 2. The van der Waals surface area contributed by atoms with Crippen LogP contribution in [0.25, 0.3) is 0 Å². The standard InChI is InChI=1S/C23H36N4O4/c1-23(2,3)31-22(29)27-11-8-18(9-12-27)7-10-25-13-15-26(16-14-25)20-6-5-19(17-24-20)21(28)30-4/h5-6,17-18H,7-16H2,1-4H3. The van der Waals surface area contributed by atoms with Crippen molar-refractivity contribution in [1.82, 2.24) is 14.8 Å². The number of hydrogen-bond acceptors (Lipinski definition) is 7. The molecule has 1 aromatic heterocycles. The van der Waals surface area contributed by atoms with Crippen LogP contribution < -0.4 is 4.90 Å². The van der Waals surface area contributed by atoms with E-state index in [1.165, 1.54) is 13.5 Å². The first-order valence-corrected chi connectivity index (χ1v) is 11.2. The van der Waals surface area contributed by atoms with Gasteiger partial charge in [-0.15, -0.1) is 0 Å². The molecule has 172 valence electrons. The highest BCUT2D eigenvalue weighted by atomic mass is 16.6. The van der Waals surface area contributed by atoms with Gasteiger partial charge in [-0.25, -0.2) is 14.6 Å². The molecule has 2 saturated heterocycles. The SMILES string of the molecule is COC(=O)c1ccc(N2CCN(CCC3CCN(C(=O)OC(C)(C)C)CC3)CC2)nc1. The van der Waals surface area contributed by atoms with Gasteiger partial charge in [0.2, 0.25) is 0 Å². The highest BCUT2D eigenvalue weighted by Gasteiger charge is 2.27. The fourth-order valence-corrected chi connectivity index (χ4v) is 4.11. The molecule has 1 amide bonds. The van der Waals surface area contributed by atoms with Gasteiger partial charge in [-0.05, 0) is 64.6 Å². The third kappa shape index (κ3) is 6.82. The molecule has 8 nitrogen and oxygen atoms in total. The maximum absolute atomic E-state index is 12.2. The van der Waals surface area contributed by atoms with E-state index in [-0.39, 0.29) is 12.1 Å². The van der Waals surface area contributed by atoms with Crippen molar-refractivity contribution in [2.24, 2.45) is 5.92 Å². The number of pyridine rings is 1. The predicted molar refractivity (Wildman–Crippen MR) is 119 cm³/mol. The predicted octanol–water partition coefficient (Wildman–Crippen LogP) is 3.03. The van der Waals surface area contributed by atoms with Crippen molar-refractivity contribution >= 4 is 17.9 Å². The van der Waals surface area contributed by atoms with Crippen LogP contribution in [-0.4, -0.2) is 85.4 Å². The number of piperidine rings is 1. The number of carbonyl (C=O) groups is 2. The minimum absolute atomic E-state index is 0.185. The molecule has 3 rings (SSSR count). The second-order valence-corrected chi connectivity index (χ2v) is 9.42. The second kappa shape index (κ2) is 10.3. The Morgan fingerprint density at radius 1 is 1.06 bits per heavy atom. The average molecular weight is 433 g/mol. The van der Waals surface area contributed by atoms with Gasteiger partial charge in [-0.2, -0.15) is 0 Å². The summed E-state index contributed by atoms with van der Waals surface area (Å²) in [6, 6.07) is 3.66. The van der Waals surface area contributed by atoms with E-state index in [1.54, 1.807) is 12.3 Å². The first kappa shape index (κ1) is 23.3. The van der Waals surface area contributed by atoms with E-state index >= 15 is 0 Å². The molecule has 0 radical (unpaired) electrons. The minimum Gasteiger partial charge on any atom is -0.465 e.